The molecule has 0 fully saturated rings. The molecule has 1 aromatic heterocycles. The molecule has 0 bridgehead atoms. The van der Waals surface area contributed by atoms with Gasteiger partial charge in [-0.15, -0.1) is 0 Å². The number of nitrogens with zero attached hydrogens (tertiary/aromatic N) is 1. The zero-order chi connectivity index (χ0) is 13.6. The number of H-pyrrole nitrogens is 1. The summed E-state index contributed by atoms with van der Waals surface area (Å²) in [6.45, 7) is 0. The van der Waals surface area contributed by atoms with Crippen molar-refractivity contribution in [3.05, 3.63) is 56.5 Å². The van der Waals surface area contributed by atoms with Gasteiger partial charge in [0.1, 0.15) is 11.3 Å². The maximum atomic E-state index is 13.7. The van der Waals surface area contributed by atoms with E-state index < -0.39 is 0 Å². The third-order valence-corrected chi connectivity index (χ3v) is 3.97. The van der Waals surface area contributed by atoms with Crippen LogP contribution in [-0.4, -0.2) is 9.55 Å². The van der Waals surface area contributed by atoms with Crippen molar-refractivity contribution < 1.29 is 4.39 Å². The van der Waals surface area contributed by atoms with E-state index in [1.165, 1.54) is 6.07 Å². The summed E-state index contributed by atoms with van der Waals surface area (Å²) in [4.78, 5) is 2.88. The number of hydrogen-bond acceptors (Lipinski definition) is 1. The lowest BCUT2D eigenvalue weighted by molar-refractivity contribution is 0.637. The van der Waals surface area contributed by atoms with Gasteiger partial charge in [0, 0.05) is 9.50 Å². The van der Waals surface area contributed by atoms with Crippen LogP contribution in [0.3, 0.4) is 0 Å². The summed E-state index contributed by atoms with van der Waals surface area (Å²) >= 11 is 14.7. The number of benzene rings is 2. The number of aromatic nitrogens is 2. The summed E-state index contributed by atoms with van der Waals surface area (Å²) in [7, 11) is 0. The average molecular weight is 358 g/mol. The zero-order valence-corrected chi connectivity index (χ0v) is 12.6. The predicted octanol–water partition coefficient (Wildman–Crippen LogP) is 5.24. The van der Waals surface area contributed by atoms with Gasteiger partial charge in [0.15, 0.2) is 4.77 Å². The van der Waals surface area contributed by atoms with Crippen LogP contribution in [0.2, 0.25) is 5.02 Å². The summed E-state index contributed by atoms with van der Waals surface area (Å²) in [6.07, 6.45) is 0. The molecule has 0 amide bonds. The predicted molar refractivity (Wildman–Crippen MR) is 81.1 cm³/mol. The van der Waals surface area contributed by atoms with Crippen molar-refractivity contribution in [3.63, 3.8) is 0 Å². The number of rotatable bonds is 1. The van der Waals surface area contributed by atoms with Crippen molar-refractivity contribution in [1.82, 2.24) is 9.55 Å². The Morgan fingerprint density at radius 3 is 2.79 bits per heavy atom. The summed E-state index contributed by atoms with van der Waals surface area (Å²) < 4.78 is 16.7. The summed E-state index contributed by atoms with van der Waals surface area (Å²) in [5.74, 6) is -0.326. The quantitative estimate of drug-likeness (QED) is 0.590. The Labute approximate surface area is 127 Å². The lowest BCUT2D eigenvalue weighted by Crippen LogP contribution is -1.95. The molecule has 0 aliphatic heterocycles. The first-order valence-electron chi connectivity index (χ1n) is 5.42. The highest BCUT2D eigenvalue weighted by atomic mass is 79.9. The maximum Gasteiger partial charge on any atom is 0.182 e. The molecule has 0 saturated carbocycles. The van der Waals surface area contributed by atoms with Gasteiger partial charge in [0.05, 0.1) is 11.2 Å². The van der Waals surface area contributed by atoms with Crippen molar-refractivity contribution in [2.24, 2.45) is 0 Å². The molecular weight excluding hydrogens is 351 g/mol. The van der Waals surface area contributed by atoms with Crippen LogP contribution in [0, 0.1) is 10.6 Å². The first kappa shape index (κ1) is 12.8. The van der Waals surface area contributed by atoms with Crippen molar-refractivity contribution in [3.8, 4) is 5.69 Å². The molecule has 3 aromatic rings. The van der Waals surface area contributed by atoms with Gasteiger partial charge in [0.2, 0.25) is 0 Å². The molecule has 0 spiro atoms. The molecule has 0 saturated heterocycles. The number of para-hydroxylation sites is 1. The van der Waals surface area contributed by atoms with Crippen molar-refractivity contribution in [2.45, 2.75) is 0 Å². The molecule has 19 heavy (non-hydrogen) atoms. The Hall–Kier alpha value is -1.17. The lowest BCUT2D eigenvalue weighted by atomic mass is 10.2. The minimum atomic E-state index is -0.326. The van der Waals surface area contributed by atoms with Gasteiger partial charge in [-0.1, -0.05) is 17.7 Å². The molecule has 0 unspecified atom stereocenters. The van der Waals surface area contributed by atoms with Gasteiger partial charge in [-0.05, 0) is 58.5 Å². The standard InChI is InChI=1S/C13H7BrClFN2S/c14-8-6-7(15)4-5-10(8)18-11-3-1-2-9(16)12(11)17-13(18)19/h1-6H,(H,17,19). The number of aromatic amines is 1. The molecule has 1 heterocycles. The Morgan fingerprint density at radius 1 is 1.26 bits per heavy atom. The highest BCUT2D eigenvalue weighted by molar-refractivity contribution is 9.10. The van der Waals surface area contributed by atoms with E-state index in [9.17, 15) is 4.39 Å². The molecule has 6 heteroatoms. The van der Waals surface area contributed by atoms with Gasteiger partial charge in [-0.3, -0.25) is 4.57 Å². The van der Waals surface area contributed by atoms with E-state index >= 15 is 0 Å². The van der Waals surface area contributed by atoms with Crippen molar-refractivity contribution in [2.75, 3.05) is 0 Å². The molecule has 0 aliphatic carbocycles. The van der Waals surface area contributed by atoms with Gasteiger partial charge >= 0.3 is 0 Å². The van der Waals surface area contributed by atoms with Crippen LogP contribution >= 0.6 is 39.7 Å². The smallest absolute Gasteiger partial charge is 0.182 e. The third-order valence-electron chi connectivity index (χ3n) is 2.82. The fourth-order valence-corrected chi connectivity index (χ4v) is 3.16. The summed E-state index contributed by atoms with van der Waals surface area (Å²) in [5, 5.41) is 0.619. The van der Waals surface area contributed by atoms with Crippen LogP contribution in [0.25, 0.3) is 16.7 Å². The van der Waals surface area contributed by atoms with E-state index in [0.29, 0.717) is 20.8 Å². The molecule has 0 radical (unpaired) electrons. The minimum absolute atomic E-state index is 0.326. The molecule has 96 valence electrons. The van der Waals surface area contributed by atoms with Gasteiger partial charge in [-0.25, -0.2) is 4.39 Å². The number of imidazole rings is 1. The van der Waals surface area contributed by atoms with E-state index in [1.807, 2.05) is 12.1 Å². The number of halogens is 3. The van der Waals surface area contributed by atoms with Crippen LogP contribution in [-0.2, 0) is 0 Å². The van der Waals surface area contributed by atoms with Crippen LogP contribution in [0.5, 0.6) is 0 Å². The molecule has 2 nitrogen and oxygen atoms in total. The fourth-order valence-electron chi connectivity index (χ4n) is 2.00. The normalized spacial score (nSPS) is 11.1. The number of nitrogens with one attached hydrogen (secondary N) is 1. The minimum Gasteiger partial charge on any atom is -0.328 e. The molecule has 0 aliphatic rings. The zero-order valence-electron chi connectivity index (χ0n) is 9.45. The highest BCUT2D eigenvalue weighted by Gasteiger charge is 2.12. The van der Waals surface area contributed by atoms with Crippen LogP contribution in [0.1, 0.15) is 0 Å². The summed E-state index contributed by atoms with van der Waals surface area (Å²) in [5.41, 5.74) is 1.90. The largest absolute Gasteiger partial charge is 0.328 e. The van der Waals surface area contributed by atoms with E-state index in [1.54, 1.807) is 22.8 Å². The third kappa shape index (κ3) is 2.12. The fraction of sp³-hybridized carbons (Fsp3) is 0. The molecule has 2 aromatic carbocycles. The lowest BCUT2D eigenvalue weighted by Gasteiger charge is -2.07. The van der Waals surface area contributed by atoms with Crippen LogP contribution < -0.4 is 0 Å². The van der Waals surface area contributed by atoms with Crippen molar-refractivity contribution in [1.29, 1.82) is 0 Å². The Kier molecular flexibility index (Phi) is 3.20. The van der Waals surface area contributed by atoms with E-state index in [0.717, 1.165) is 10.2 Å². The van der Waals surface area contributed by atoms with Gasteiger partial charge in [0.25, 0.3) is 0 Å². The Morgan fingerprint density at radius 2 is 2.05 bits per heavy atom. The first-order valence-corrected chi connectivity index (χ1v) is 7.00. The molecule has 1 N–H and O–H groups in total. The maximum absolute atomic E-state index is 13.7. The number of hydrogen-bond donors (Lipinski definition) is 1. The molecule has 3 rings (SSSR count). The molecular formula is C13H7BrClFN2S. The van der Waals surface area contributed by atoms with Gasteiger partial charge < -0.3 is 4.98 Å². The highest BCUT2D eigenvalue weighted by Crippen LogP contribution is 2.28. The Balaban J connectivity index is 2.40. The van der Waals surface area contributed by atoms with Gasteiger partial charge in [-0.2, -0.15) is 0 Å². The number of fused-ring (bicyclic) bond motifs is 1. The molecule has 0 atom stereocenters. The van der Waals surface area contributed by atoms with E-state index in [4.69, 9.17) is 23.8 Å². The summed E-state index contributed by atoms with van der Waals surface area (Å²) in [6, 6.07) is 10.2. The van der Waals surface area contributed by atoms with Crippen molar-refractivity contribution >= 4 is 50.8 Å². The Bertz CT molecular complexity index is 840. The SMILES string of the molecule is Fc1cccc2c1[nH]c(=S)n2-c1ccc(Cl)cc1Br. The van der Waals surface area contributed by atoms with Crippen LogP contribution in [0.15, 0.2) is 40.9 Å². The second kappa shape index (κ2) is 4.74. The first-order chi connectivity index (χ1) is 9.08. The second-order valence-corrected chi connectivity index (χ2v) is 5.67. The second-order valence-electron chi connectivity index (χ2n) is 4.00. The topological polar surface area (TPSA) is 20.7 Å². The monoisotopic (exact) mass is 356 g/mol. The average Bonchev–Trinajstić information content (AvgIpc) is 2.68. The van der Waals surface area contributed by atoms with E-state index in [-0.39, 0.29) is 5.82 Å². The van der Waals surface area contributed by atoms with Crippen LogP contribution in [0.4, 0.5) is 4.39 Å². The van der Waals surface area contributed by atoms with E-state index in [2.05, 4.69) is 20.9 Å².